The van der Waals surface area contributed by atoms with Crippen LogP contribution in [0.15, 0.2) is 12.5 Å². The van der Waals surface area contributed by atoms with Gasteiger partial charge in [-0.25, -0.2) is 4.98 Å². The van der Waals surface area contributed by atoms with Crippen molar-refractivity contribution in [2.75, 3.05) is 6.54 Å². The standard InChI is InChI=1S/C15H27N3/c1-2-3-4-5-6-7-11-18-13-16-12-15(18)14-9-8-10-17-14/h12-14,17H,2-11H2,1H3. The number of imidazole rings is 1. The SMILES string of the molecule is CCCCCCCCn1cncc1C1CCCN1. The van der Waals surface area contributed by atoms with Gasteiger partial charge in [0.15, 0.2) is 0 Å². The zero-order valence-corrected chi connectivity index (χ0v) is 11.7. The molecule has 2 heterocycles. The van der Waals surface area contributed by atoms with E-state index in [9.17, 15) is 0 Å². The molecule has 0 bridgehead atoms. The van der Waals surface area contributed by atoms with Crippen LogP contribution in [0.3, 0.4) is 0 Å². The Kier molecular flexibility index (Phi) is 5.72. The van der Waals surface area contributed by atoms with Crippen LogP contribution in [0.25, 0.3) is 0 Å². The van der Waals surface area contributed by atoms with Crippen LogP contribution in [0.2, 0.25) is 0 Å². The van der Waals surface area contributed by atoms with E-state index in [2.05, 4.69) is 21.8 Å². The Balaban J connectivity index is 1.70. The average Bonchev–Trinajstić information content (AvgIpc) is 3.03. The summed E-state index contributed by atoms with van der Waals surface area (Å²) in [5, 5.41) is 3.56. The number of hydrogen-bond acceptors (Lipinski definition) is 2. The summed E-state index contributed by atoms with van der Waals surface area (Å²) in [6.45, 7) is 4.57. The van der Waals surface area contributed by atoms with Gasteiger partial charge in [0.2, 0.25) is 0 Å². The highest BCUT2D eigenvalue weighted by molar-refractivity contribution is 5.07. The quantitative estimate of drug-likeness (QED) is 0.712. The molecule has 0 aromatic carbocycles. The summed E-state index contributed by atoms with van der Waals surface area (Å²) < 4.78 is 2.35. The number of nitrogens with zero attached hydrogens (tertiary/aromatic N) is 2. The van der Waals surface area contributed by atoms with Crippen LogP contribution >= 0.6 is 0 Å². The molecule has 0 saturated carbocycles. The third kappa shape index (κ3) is 3.84. The Bertz CT molecular complexity index is 326. The lowest BCUT2D eigenvalue weighted by molar-refractivity contribution is 0.520. The lowest BCUT2D eigenvalue weighted by Gasteiger charge is -2.13. The van der Waals surface area contributed by atoms with Gasteiger partial charge in [0.1, 0.15) is 0 Å². The van der Waals surface area contributed by atoms with Crippen molar-refractivity contribution in [2.45, 2.75) is 70.9 Å². The lowest BCUT2D eigenvalue weighted by Crippen LogP contribution is -2.16. The molecule has 102 valence electrons. The van der Waals surface area contributed by atoms with Crippen LogP contribution < -0.4 is 5.32 Å². The van der Waals surface area contributed by atoms with Crippen LogP contribution in [0, 0.1) is 0 Å². The molecule has 3 nitrogen and oxygen atoms in total. The van der Waals surface area contributed by atoms with Crippen LogP contribution in [0.5, 0.6) is 0 Å². The van der Waals surface area contributed by atoms with Gasteiger partial charge < -0.3 is 9.88 Å². The maximum Gasteiger partial charge on any atom is 0.0948 e. The summed E-state index contributed by atoms with van der Waals surface area (Å²) in [4.78, 5) is 4.32. The molecule has 0 radical (unpaired) electrons. The molecule has 1 fully saturated rings. The smallest absolute Gasteiger partial charge is 0.0948 e. The van der Waals surface area contributed by atoms with Crippen molar-refractivity contribution in [2.24, 2.45) is 0 Å². The first-order valence-electron chi connectivity index (χ1n) is 7.65. The molecule has 1 aliphatic rings. The van der Waals surface area contributed by atoms with Gasteiger partial charge in [0.25, 0.3) is 0 Å². The average molecular weight is 249 g/mol. The number of hydrogen-bond donors (Lipinski definition) is 1. The van der Waals surface area contributed by atoms with Crippen molar-refractivity contribution in [3.8, 4) is 0 Å². The van der Waals surface area contributed by atoms with E-state index in [1.54, 1.807) is 0 Å². The van der Waals surface area contributed by atoms with Gasteiger partial charge in [-0.05, 0) is 25.8 Å². The van der Waals surface area contributed by atoms with Gasteiger partial charge >= 0.3 is 0 Å². The Morgan fingerprint density at radius 2 is 2.11 bits per heavy atom. The molecule has 3 heteroatoms. The summed E-state index contributed by atoms with van der Waals surface area (Å²) in [6.07, 6.45) is 14.8. The topological polar surface area (TPSA) is 29.9 Å². The van der Waals surface area contributed by atoms with Gasteiger partial charge in [-0.15, -0.1) is 0 Å². The van der Waals surface area contributed by atoms with Crippen molar-refractivity contribution in [3.05, 3.63) is 18.2 Å². The highest BCUT2D eigenvalue weighted by atomic mass is 15.1. The molecule has 1 unspecified atom stereocenters. The van der Waals surface area contributed by atoms with Gasteiger partial charge in [0, 0.05) is 18.8 Å². The third-order valence-electron chi connectivity index (χ3n) is 3.91. The fourth-order valence-corrected chi connectivity index (χ4v) is 2.81. The second kappa shape index (κ2) is 7.57. The van der Waals surface area contributed by atoms with Gasteiger partial charge in [-0.1, -0.05) is 39.0 Å². The second-order valence-electron chi connectivity index (χ2n) is 5.43. The monoisotopic (exact) mass is 249 g/mol. The molecule has 1 N–H and O–H groups in total. The van der Waals surface area contributed by atoms with E-state index >= 15 is 0 Å². The van der Waals surface area contributed by atoms with Crippen LogP contribution in [0.4, 0.5) is 0 Å². The summed E-state index contributed by atoms with van der Waals surface area (Å²) in [5.41, 5.74) is 1.39. The molecule has 1 atom stereocenters. The molecule has 1 saturated heterocycles. The minimum Gasteiger partial charge on any atom is -0.333 e. The molecule has 1 aromatic heterocycles. The normalized spacial score (nSPS) is 19.5. The van der Waals surface area contributed by atoms with E-state index in [4.69, 9.17) is 0 Å². The maximum atomic E-state index is 4.32. The molecule has 1 aliphatic heterocycles. The summed E-state index contributed by atoms with van der Waals surface area (Å²) in [6, 6.07) is 0.549. The van der Waals surface area contributed by atoms with E-state index in [-0.39, 0.29) is 0 Å². The Morgan fingerprint density at radius 3 is 2.89 bits per heavy atom. The van der Waals surface area contributed by atoms with Crippen molar-refractivity contribution >= 4 is 0 Å². The minimum absolute atomic E-state index is 0.549. The van der Waals surface area contributed by atoms with E-state index in [1.165, 1.54) is 57.1 Å². The summed E-state index contributed by atoms with van der Waals surface area (Å²) in [7, 11) is 0. The fourth-order valence-electron chi connectivity index (χ4n) is 2.81. The Labute approximate surface area is 111 Å². The predicted molar refractivity (Wildman–Crippen MR) is 75.6 cm³/mol. The first-order chi connectivity index (χ1) is 8.92. The molecule has 18 heavy (non-hydrogen) atoms. The van der Waals surface area contributed by atoms with Crippen molar-refractivity contribution in [3.63, 3.8) is 0 Å². The molecule has 0 amide bonds. The van der Waals surface area contributed by atoms with Crippen molar-refractivity contribution < 1.29 is 0 Å². The van der Waals surface area contributed by atoms with Crippen molar-refractivity contribution in [1.82, 2.24) is 14.9 Å². The number of nitrogens with one attached hydrogen (secondary N) is 1. The predicted octanol–water partition coefficient (Wildman–Crippen LogP) is 3.67. The zero-order chi connectivity index (χ0) is 12.6. The van der Waals surface area contributed by atoms with Gasteiger partial charge in [-0.3, -0.25) is 0 Å². The van der Waals surface area contributed by atoms with Crippen molar-refractivity contribution in [1.29, 1.82) is 0 Å². The molecular formula is C15H27N3. The minimum atomic E-state index is 0.549. The maximum absolute atomic E-state index is 4.32. The Morgan fingerprint density at radius 1 is 1.28 bits per heavy atom. The zero-order valence-electron chi connectivity index (χ0n) is 11.7. The molecule has 2 rings (SSSR count). The molecular weight excluding hydrogens is 222 g/mol. The van der Waals surface area contributed by atoms with E-state index in [0.29, 0.717) is 6.04 Å². The number of aromatic nitrogens is 2. The highest BCUT2D eigenvalue weighted by Crippen LogP contribution is 2.22. The van der Waals surface area contributed by atoms with Crippen LogP contribution in [-0.2, 0) is 6.54 Å². The largest absolute Gasteiger partial charge is 0.333 e. The van der Waals surface area contributed by atoms with Gasteiger partial charge in [-0.2, -0.15) is 0 Å². The molecule has 0 aliphatic carbocycles. The lowest BCUT2D eigenvalue weighted by atomic mass is 10.1. The fraction of sp³-hybridized carbons (Fsp3) is 0.800. The highest BCUT2D eigenvalue weighted by Gasteiger charge is 2.19. The van der Waals surface area contributed by atoms with Crippen LogP contribution in [0.1, 0.15) is 70.0 Å². The van der Waals surface area contributed by atoms with Gasteiger partial charge in [0.05, 0.1) is 12.0 Å². The summed E-state index contributed by atoms with van der Waals surface area (Å²) >= 11 is 0. The van der Waals surface area contributed by atoms with E-state index < -0.39 is 0 Å². The Hall–Kier alpha value is -0.830. The van der Waals surface area contributed by atoms with E-state index in [0.717, 1.165) is 13.1 Å². The van der Waals surface area contributed by atoms with Crippen LogP contribution in [-0.4, -0.2) is 16.1 Å². The third-order valence-corrected chi connectivity index (χ3v) is 3.91. The second-order valence-corrected chi connectivity index (χ2v) is 5.43. The first kappa shape index (κ1) is 13.6. The van der Waals surface area contributed by atoms with E-state index in [1.807, 2.05) is 12.5 Å². The number of rotatable bonds is 8. The number of aryl methyl sites for hydroxylation is 1. The molecule has 0 spiro atoms. The number of unbranched alkanes of at least 4 members (excludes halogenated alkanes) is 5. The molecule has 1 aromatic rings. The first-order valence-corrected chi connectivity index (χ1v) is 7.65. The summed E-state index contributed by atoms with van der Waals surface area (Å²) in [5.74, 6) is 0.